The molecule has 2 atom stereocenters. The van der Waals surface area contributed by atoms with Gasteiger partial charge < -0.3 is 10.6 Å². The Morgan fingerprint density at radius 2 is 2.41 bits per heavy atom. The van der Waals surface area contributed by atoms with Crippen molar-refractivity contribution in [3.8, 4) is 0 Å². The van der Waals surface area contributed by atoms with E-state index in [2.05, 4.69) is 22.7 Å². The van der Waals surface area contributed by atoms with E-state index in [1.54, 1.807) is 13.2 Å². The Morgan fingerprint density at radius 3 is 3.12 bits per heavy atom. The SMILES string of the molecule is CC1CC(Nc2cnn(C)c(=O)c2Cl)CCN1. The molecule has 1 aromatic rings. The lowest BCUT2D eigenvalue weighted by atomic mass is 10.0. The number of piperidine rings is 1. The van der Waals surface area contributed by atoms with E-state index in [0.717, 1.165) is 19.4 Å². The molecule has 0 aromatic carbocycles. The Hall–Kier alpha value is -1.07. The molecule has 1 saturated heterocycles. The average Bonchev–Trinajstić information content (AvgIpc) is 2.30. The molecule has 0 saturated carbocycles. The molecule has 2 rings (SSSR count). The van der Waals surface area contributed by atoms with Crippen LogP contribution in [-0.2, 0) is 7.05 Å². The molecule has 2 N–H and O–H groups in total. The maximum atomic E-state index is 11.6. The van der Waals surface area contributed by atoms with Crippen LogP contribution in [0.3, 0.4) is 0 Å². The summed E-state index contributed by atoms with van der Waals surface area (Å²) in [6.07, 6.45) is 3.65. The van der Waals surface area contributed by atoms with E-state index < -0.39 is 0 Å². The molecule has 5 nitrogen and oxygen atoms in total. The van der Waals surface area contributed by atoms with Gasteiger partial charge in [0.25, 0.3) is 5.56 Å². The lowest BCUT2D eigenvalue weighted by Gasteiger charge is -2.29. The summed E-state index contributed by atoms with van der Waals surface area (Å²) < 4.78 is 1.23. The van der Waals surface area contributed by atoms with E-state index in [1.165, 1.54) is 4.68 Å². The molecule has 6 heteroatoms. The van der Waals surface area contributed by atoms with Gasteiger partial charge >= 0.3 is 0 Å². The third-order valence-corrected chi connectivity index (χ3v) is 3.43. The predicted octanol–water partition coefficient (Wildman–Crippen LogP) is 0.986. The maximum Gasteiger partial charge on any atom is 0.287 e. The van der Waals surface area contributed by atoms with Gasteiger partial charge in [-0.2, -0.15) is 5.10 Å². The third kappa shape index (κ3) is 2.79. The van der Waals surface area contributed by atoms with E-state index in [-0.39, 0.29) is 10.6 Å². The summed E-state index contributed by atoms with van der Waals surface area (Å²) >= 11 is 6.00. The molecule has 1 aliphatic heterocycles. The third-order valence-electron chi connectivity index (χ3n) is 3.06. The second kappa shape index (κ2) is 5.06. The molecule has 1 fully saturated rings. The van der Waals surface area contributed by atoms with Gasteiger partial charge in [0.15, 0.2) is 0 Å². The highest BCUT2D eigenvalue weighted by atomic mass is 35.5. The minimum atomic E-state index is -0.265. The van der Waals surface area contributed by atoms with Crippen LogP contribution >= 0.6 is 11.6 Å². The molecule has 0 radical (unpaired) electrons. The smallest absolute Gasteiger partial charge is 0.287 e. The van der Waals surface area contributed by atoms with Gasteiger partial charge in [-0.05, 0) is 26.3 Å². The van der Waals surface area contributed by atoms with Crippen molar-refractivity contribution in [2.24, 2.45) is 7.05 Å². The van der Waals surface area contributed by atoms with Crippen LogP contribution in [0.1, 0.15) is 19.8 Å². The highest BCUT2D eigenvalue weighted by molar-refractivity contribution is 6.32. The van der Waals surface area contributed by atoms with Crippen molar-refractivity contribution >= 4 is 17.3 Å². The molecule has 0 aliphatic carbocycles. The van der Waals surface area contributed by atoms with Crippen LogP contribution in [0.15, 0.2) is 11.0 Å². The average molecular weight is 257 g/mol. The first-order valence-corrected chi connectivity index (χ1v) is 6.17. The number of aryl methyl sites for hydroxylation is 1. The van der Waals surface area contributed by atoms with Crippen molar-refractivity contribution in [2.45, 2.75) is 31.8 Å². The van der Waals surface area contributed by atoms with Gasteiger partial charge in [-0.25, -0.2) is 4.68 Å². The zero-order valence-electron chi connectivity index (χ0n) is 10.0. The lowest BCUT2D eigenvalue weighted by molar-refractivity contribution is 0.396. The summed E-state index contributed by atoms with van der Waals surface area (Å²) in [5, 5.41) is 10.9. The first kappa shape index (κ1) is 12.4. The Kier molecular flexibility index (Phi) is 3.69. The van der Waals surface area contributed by atoms with Crippen LogP contribution in [0.5, 0.6) is 0 Å². The van der Waals surface area contributed by atoms with Gasteiger partial charge in [-0.15, -0.1) is 0 Å². The summed E-state index contributed by atoms with van der Waals surface area (Å²) in [5.41, 5.74) is 0.368. The molecule has 0 amide bonds. The first-order valence-electron chi connectivity index (χ1n) is 5.79. The zero-order valence-corrected chi connectivity index (χ0v) is 10.8. The van der Waals surface area contributed by atoms with Crippen molar-refractivity contribution in [1.82, 2.24) is 15.1 Å². The molecule has 94 valence electrons. The van der Waals surface area contributed by atoms with E-state index in [0.29, 0.717) is 17.8 Å². The number of halogens is 1. The van der Waals surface area contributed by atoms with Crippen molar-refractivity contribution in [3.63, 3.8) is 0 Å². The van der Waals surface area contributed by atoms with Gasteiger partial charge in [0.1, 0.15) is 5.02 Å². The quantitative estimate of drug-likeness (QED) is 0.829. The van der Waals surface area contributed by atoms with Gasteiger partial charge in [0, 0.05) is 19.1 Å². The summed E-state index contributed by atoms with van der Waals surface area (Å²) in [6, 6.07) is 0.831. The fourth-order valence-corrected chi connectivity index (χ4v) is 2.32. The highest BCUT2D eigenvalue weighted by Crippen LogP contribution is 2.20. The number of rotatable bonds is 2. The Bertz CT molecular complexity index is 459. The minimum absolute atomic E-state index is 0.216. The largest absolute Gasteiger partial charge is 0.380 e. The molecule has 2 unspecified atom stereocenters. The van der Waals surface area contributed by atoms with Crippen LogP contribution in [0.2, 0.25) is 5.02 Å². The monoisotopic (exact) mass is 256 g/mol. The van der Waals surface area contributed by atoms with Crippen LogP contribution < -0.4 is 16.2 Å². The summed E-state index contributed by atoms with van der Waals surface area (Å²) in [5.74, 6) is 0. The molecule has 2 heterocycles. The van der Waals surface area contributed by atoms with Crippen molar-refractivity contribution in [2.75, 3.05) is 11.9 Å². The van der Waals surface area contributed by atoms with Gasteiger partial charge in [-0.1, -0.05) is 11.6 Å². The number of nitrogens with one attached hydrogen (secondary N) is 2. The van der Waals surface area contributed by atoms with E-state index in [1.807, 2.05) is 0 Å². The second-order valence-electron chi connectivity index (χ2n) is 4.52. The van der Waals surface area contributed by atoms with Gasteiger partial charge in [0.2, 0.25) is 0 Å². The summed E-state index contributed by atoms with van der Waals surface area (Å²) in [7, 11) is 1.59. The van der Waals surface area contributed by atoms with E-state index in [4.69, 9.17) is 11.6 Å². The minimum Gasteiger partial charge on any atom is -0.380 e. The van der Waals surface area contributed by atoms with E-state index >= 15 is 0 Å². The van der Waals surface area contributed by atoms with Crippen LogP contribution in [-0.4, -0.2) is 28.4 Å². The zero-order chi connectivity index (χ0) is 12.4. The fourth-order valence-electron chi connectivity index (χ4n) is 2.09. The maximum absolute atomic E-state index is 11.6. The molecule has 1 aliphatic rings. The number of nitrogens with zero attached hydrogens (tertiary/aromatic N) is 2. The molecule has 0 spiro atoms. The number of aromatic nitrogens is 2. The molecular formula is C11H17ClN4O. The topological polar surface area (TPSA) is 59.0 Å². The van der Waals surface area contributed by atoms with Crippen LogP contribution in [0.4, 0.5) is 5.69 Å². The predicted molar refractivity (Wildman–Crippen MR) is 68.6 cm³/mol. The number of hydrogen-bond donors (Lipinski definition) is 2. The molecule has 0 bridgehead atoms. The molecular weight excluding hydrogens is 240 g/mol. The number of hydrogen-bond acceptors (Lipinski definition) is 4. The van der Waals surface area contributed by atoms with Gasteiger partial charge in [0.05, 0.1) is 11.9 Å². The Balaban J connectivity index is 2.13. The Labute approximate surface area is 105 Å². The standard InChI is InChI=1S/C11H17ClN4O/c1-7-5-8(3-4-13-7)15-9-6-14-16(2)11(17)10(9)12/h6-8,13,15H,3-5H2,1-2H3. The first-order chi connectivity index (χ1) is 8.08. The lowest BCUT2D eigenvalue weighted by Crippen LogP contribution is -2.41. The number of anilines is 1. The second-order valence-corrected chi connectivity index (χ2v) is 4.90. The van der Waals surface area contributed by atoms with Crippen molar-refractivity contribution < 1.29 is 0 Å². The highest BCUT2D eigenvalue weighted by Gasteiger charge is 2.19. The van der Waals surface area contributed by atoms with Crippen molar-refractivity contribution in [3.05, 3.63) is 21.6 Å². The van der Waals surface area contributed by atoms with Gasteiger partial charge in [-0.3, -0.25) is 4.79 Å². The molecule has 1 aromatic heterocycles. The summed E-state index contributed by atoms with van der Waals surface area (Å²) in [4.78, 5) is 11.6. The fraction of sp³-hybridized carbons (Fsp3) is 0.636. The normalized spacial score (nSPS) is 24.6. The van der Waals surface area contributed by atoms with Crippen LogP contribution in [0.25, 0.3) is 0 Å². The van der Waals surface area contributed by atoms with E-state index in [9.17, 15) is 4.79 Å². The van der Waals surface area contributed by atoms with Crippen LogP contribution in [0, 0.1) is 0 Å². The van der Waals surface area contributed by atoms with Crippen molar-refractivity contribution in [1.29, 1.82) is 0 Å². The summed E-state index contributed by atoms with van der Waals surface area (Å²) in [6.45, 7) is 3.13. The Morgan fingerprint density at radius 1 is 1.65 bits per heavy atom. The molecule has 17 heavy (non-hydrogen) atoms.